The van der Waals surface area contributed by atoms with Crippen molar-refractivity contribution in [2.24, 2.45) is 0 Å². The van der Waals surface area contributed by atoms with Crippen LogP contribution in [0.1, 0.15) is 0 Å². The van der Waals surface area contributed by atoms with Crippen LogP contribution in [0, 0.1) is 11.3 Å². The van der Waals surface area contributed by atoms with Gasteiger partial charge in [-0.05, 0) is 0 Å². The maximum Gasteiger partial charge on any atom is 0.673 e. The van der Waals surface area contributed by atoms with E-state index in [1.54, 1.807) is 0 Å². The summed E-state index contributed by atoms with van der Waals surface area (Å²) in [5.41, 5.74) is 0. The van der Waals surface area contributed by atoms with Gasteiger partial charge in [-0.3, -0.25) is 0 Å². The van der Waals surface area contributed by atoms with Crippen LogP contribution in [0.15, 0.2) is 12.3 Å². The molecule has 0 rings (SSSR count). The topological polar surface area (TPSA) is 23.8 Å². The number of nitriles is 1. The zero-order valence-corrected chi connectivity index (χ0v) is 7.64. The molecular formula is C6H11BF4N2. The normalized spacial score (nSPS) is 11.8. The molecule has 0 atom stereocenters. The minimum atomic E-state index is -6.00. The molecule has 0 amide bonds. The highest BCUT2D eigenvalue weighted by Gasteiger charge is 2.20. The van der Waals surface area contributed by atoms with Crippen molar-refractivity contribution in [2.45, 2.75) is 0 Å². The molecule has 0 saturated carbocycles. The molecule has 0 aliphatic carbocycles. The average Bonchev–Trinajstić information content (AvgIpc) is 1.77. The van der Waals surface area contributed by atoms with Crippen LogP contribution in [0.3, 0.4) is 0 Å². The van der Waals surface area contributed by atoms with Crippen molar-refractivity contribution in [1.29, 1.82) is 5.26 Å². The molecule has 0 unspecified atom stereocenters. The van der Waals surface area contributed by atoms with Gasteiger partial charge in [0.1, 0.15) is 6.20 Å². The van der Waals surface area contributed by atoms with Crippen LogP contribution in [-0.4, -0.2) is 32.9 Å². The van der Waals surface area contributed by atoms with Crippen LogP contribution in [0.4, 0.5) is 17.3 Å². The van der Waals surface area contributed by atoms with Gasteiger partial charge in [-0.1, -0.05) is 0 Å². The summed E-state index contributed by atoms with van der Waals surface area (Å²) in [6.07, 6.45) is 3.31. The largest absolute Gasteiger partial charge is 0.673 e. The van der Waals surface area contributed by atoms with Crippen LogP contribution in [0.2, 0.25) is 0 Å². The number of rotatable bonds is 1. The van der Waals surface area contributed by atoms with E-state index in [2.05, 4.69) is 0 Å². The standard InChI is InChI=1S/C6H11N2.BF4/c1-8(2,3)6-4-5-7;2-1(3,4)5/h4,6H,1-3H3;/q+1;-1/b6-4+;. The zero-order chi connectivity index (χ0) is 11.1. The molecule has 0 heterocycles. The Morgan fingerprint density at radius 1 is 1.15 bits per heavy atom. The molecule has 0 N–H and O–H groups in total. The molecule has 0 aromatic rings. The highest BCUT2D eigenvalue weighted by atomic mass is 19.5. The second-order valence-electron chi connectivity index (χ2n) is 3.06. The number of nitrogens with zero attached hydrogens (tertiary/aromatic N) is 2. The van der Waals surface area contributed by atoms with Crippen molar-refractivity contribution < 1.29 is 21.7 Å². The second-order valence-corrected chi connectivity index (χ2v) is 3.06. The van der Waals surface area contributed by atoms with Gasteiger partial charge in [0.2, 0.25) is 0 Å². The Kier molecular flexibility index (Phi) is 6.23. The zero-order valence-electron chi connectivity index (χ0n) is 7.64. The summed E-state index contributed by atoms with van der Waals surface area (Å²) in [5, 5.41) is 8.08. The minimum Gasteiger partial charge on any atom is -0.418 e. The first-order valence-electron chi connectivity index (χ1n) is 3.32. The summed E-state index contributed by atoms with van der Waals surface area (Å²) in [5.74, 6) is 0. The van der Waals surface area contributed by atoms with E-state index in [0.717, 1.165) is 0 Å². The third kappa shape index (κ3) is 56.0. The Morgan fingerprint density at radius 2 is 1.46 bits per heavy atom. The monoisotopic (exact) mass is 198 g/mol. The lowest BCUT2D eigenvalue weighted by Crippen LogP contribution is -2.26. The number of hydrogen-bond donors (Lipinski definition) is 0. The molecule has 0 bridgehead atoms. The number of quaternary nitrogens is 1. The van der Waals surface area contributed by atoms with Crippen molar-refractivity contribution >= 4 is 7.25 Å². The van der Waals surface area contributed by atoms with Crippen LogP contribution < -0.4 is 0 Å². The molecule has 0 spiro atoms. The van der Waals surface area contributed by atoms with Crippen molar-refractivity contribution in [3.8, 4) is 6.07 Å². The molecule has 0 aliphatic rings. The first kappa shape index (κ1) is 14.5. The molecule has 0 aromatic heterocycles. The molecule has 0 saturated heterocycles. The predicted octanol–water partition coefficient (Wildman–Crippen LogP) is 2.03. The van der Waals surface area contributed by atoms with E-state index in [-0.39, 0.29) is 0 Å². The predicted molar refractivity (Wildman–Crippen MR) is 43.0 cm³/mol. The highest BCUT2D eigenvalue weighted by molar-refractivity contribution is 6.50. The smallest absolute Gasteiger partial charge is 0.418 e. The molecule has 2 nitrogen and oxygen atoms in total. The second kappa shape index (κ2) is 5.59. The maximum atomic E-state index is 9.75. The Morgan fingerprint density at radius 3 is 1.54 bits per heavy atom. The van der Waals surface area contributed by atoms with Crippen molar-refractivity contribution in [2.75, 3.05) is 21.1 Å². The van der Waals surface area contributed by atoms with Crippen molar-refractivity contribution in [3.05, 3.63) is 12.3 Å². The quantitative estimate of drug-likeness (QED) is 0.273. The molecular weight excluding hydrogens is 187 g/mol. The molecule has 0 aromatic carbocycles. The fourth-order valence-corrected chi connectivity index (χ4v) is 0.257. The number of hydrogen-bond acceptors (Lipinski definition) is 1. The summed E-state index contributed by atoms with van der Waals surface area (Å²) in [6, 6.07) is 1.93. The molecule has 0 radical (unpaired) electrons. The Balaban J connectivity index is 0. The average molecular weight is 198 g/mol. The first-order valence-corrected chi connectivity index (χ1v) is 3.32. The number of allylic oxidation sites excluding steroid dienone is 1. The van der Waals surface area contributed by atoms with Crippen LogP contribution in [0.25, 0.3) is 0 Å². The highest BCUT2D eigenvalue weighted by Crippen LogP contribution is 2.06. The number of halogens is 4. The Labute approximate surface area is 74.8 Å². The van der Waals surface area contributed by atoms with Gasteiger partial charge >= 0.3 is 7.25 Å². The lowest BCUT2D eigenvalue weighted by molar-refractivity contribution is -0.817. The van der Waals surface area contributed by atoms with E-state index in [0.29, 0.717) is 4.48 Å². The molecule has 7 heteroatoms. The van der Waals surface area contributed by atoms with E-state index in [9.17, 15) is 17.3 Å². The summed E-state index contributed by atoms with van der Waals surface area (Å²) in [7, 11) is -0.0183. The van der Waals surface area contributed by atoms with Gasteiger partial charge in [-0.15, -0.1) is 0 Å². The Hall–Kier alpha value is -1.03. The summed E-state index contributed by atoms with van der Waals surface area (Å²) in [6.45, 7) is 0. The Bertz CT molecular complexity index is 192. The third-order valence-corrected chi connectivity index (χ3v) is 0.596. The van der Waals surface area contributed by atoms with Gasteiger partial charge < -0.3 is 21.7 Å². The summed E-state index contributed by atoms with van der Waals surface area (Å²) < 4.78 is 39.7. The molecule has 0 fully saturated rings. The van der Waals surface area contributed by atoms with Crippen molar-refractivity contribution in [1.82, 2.24) is 0 Å². The van der Waals surface area contributed by atoms with Crippen LogP contribution >= 0.6 is 0 Å². The first-order chi connectivity index (χ1) is 5.56. The fraction of sp³-hybridized carbons (Fsp3) is 0.500. The SMILES string of the molecule is C[N+](C)(C)/C=C/C#N.F[B-](F)(F)F. The maximum absolute atomic E-state index is 9.75. The van der Waals surface area contributed by atoms with Gasteiger partial charge in [-0.25, -0.2) is 0 Å². The summed E-state index contributed by atoms with van der Waals surface area (Å²) >= 11 is 0. The van der Waals surface area contributed by atoms with Crippen molar-refractivity contribution in [3.63, 3.8) is 0 Å². The van der Waals surface area contributed by atoms with E-state index in [4.69, 9.17) is 5.26 Å². The van der Waals surface area contributed by atoms with Crippen LogP contribution in [-0.2, 0) is 0 Å². The fourth-order valence-electron chi connectivity index (χ4n) is 0.257. The van der Waals surface area contributed by atoms with Gasteiger partial charge in [0.05, 0.1) is 33.3 Å². The van der Waals surface area contributed by atoms with Gasteiger partial charge in [-0.2, -0.15) is 5.26 Å². The van der Waals surface area contributed by atoms with E-state index < -0.39 is 7.25 Å². The van der Waals surface area contributed by atoms with E-state index >= 15 is 0 Å². The van der Waals surface area contributed by atoms with E-state index in [1.807, 2.05) is 33.4 Å². The van der Waals surface area contributed by atoms with Gasteiger partial charge in [0.15, 0.2) is 0 Å². The van der Waals surface area contributed by atoms with E-state index in [1.165, 1.54) is 6.08 Å². The molecule has 76 valence electrons. The lowest BCUT2D eigenvalue weighted by Gasteiger charge is -2.16. The van der Waals surface area contributed by atoms with Gasteiger partial charge in [0.25, 0.3) is 0 Å². The molecule has 0 aliphatic heterocycles. The van der Waals surface area contributed by atoms with Crippen LogP contribution in [0.5, 0.6) is 0 Å². The summed E-state index contributed by atoms with van der Waals surface area (Å²) in [4.78, 5) is 0. The van der Waals surface area contributed by atoms with Gasteiger partial charge in [0, 0.05) is 0 Å². The minimum absolute atomic E-state index is 0.702. The third-order valence-electron chi connectivity index (χ3n) is 0.596. The molecule has 13 heavy (non-hydrogen) atoms. The lowest BCUT2D eigenvalue weighted by atomic mass is 10.3.